The second-order valence-electron chi connectivity index (χ2n) is 5.90. The Kier molecular flexibility index (Phi) is 3.03. The summed E-state index contributed by atoms with van der Waals surface area (Å²) in [6, 6.07) is 0. The van der Waals surface area contributed by atoms with Crippen molar-refractivity contribution in [3.63, 3.8) is 0 Å². The lowest BCUT2D eigenvalue weighted by Gasteiger charge is -2.27. The van der Waals surface area contributed by atoms with Crippen LogP contribution >= 0.6 is 0 Å². The Morgan fingerprint density at radius 2 is 2.10 bits per heavy atom. The predicted octanol–water partition coefficient (Wildman–Crippen LogP) is 0.995. The zero-order chi connectivity index (χ0) is 14.2. The Morgan fingerprint density at radius 1 is 1.29 bits per heavy atom. The summed E-state index contributed by atoms with van der Waals surface area (Å²) in [6.07, 6.45) is 8.29. The van der Waals surface area contributed by atoms with Gasteiger partial charge in [-0.25, -0.2) is 15.0 Å². The highest BCUT2D eigenvalue weighted by Crippen LogP contribution is 2.31. The number of nitrogens with one attached hydrogen (secondary N) is 1. The Balaban J connectivity index is 1.67. The molecule has 0 unspecified atom stereocenters. The molecule has 2 aromatic rings. The van der Waals surface area contributed by atoms with E-state index < -0.39 is 0 Å². The number of hydrogen-bond acceptors (Lipinski definition) is 5. The molecule has 0 bridgehead atoms. The van der Waals surface area contributed by atoms with Gasteiger partial charge in [-0.2, -0.15) is 0 Å². The van der Waals surface area contributed by atoms with Gasteiger partial charge in [0, 0.05) is 37.6 Å². The fourth-order valence-corrected chi connectivity index (χ4v) is 2.87. The van der Waals surface area contributed by atoms with Crippen LogP contribution < -0.4 is 5.56 Å². The van der Waals surface area contributed by atoms with Crippen LogP contribution in [0, 0.1) is 5.92 Å². The molecule has 0 atom stereocenters. The second kappa shape index (κ2) is 5.04. The maximum Gasteiger partial charge on any atom is 0.254 e. The predicted molar refractivity (Wildman–Crippen MR) is 77.6 cm³/mol. The average molecular weight is 283 g/mol. The molecule has 108 valence electrons. The first-order chi connectivity index (χ1) is 10.3. The highest BCUT2D eigenvalue weighted by atomic mass is 16.1. The quantitative estimate of drug-likeness (QED) is 0.909. The van der Waals surface area contributed by atoms with Crippen LogP contribution in [0.1, 0.15) is 24.1 Å². The topological polar surface area (TPSA) is 74.8 Å². The van der Waals surface area contributed by atoms with Crippen LogP contribution in [0.3, 0.4) is 0 Å². The third-order valence-electron chi connectivity index (χ3n) is 4.20. The van der Waals surface area contributed by atoms with E-state index in [9.17, 15) is 4.79 Å². The molecule has 0 saturated heterocycles. The smallest absolute Gasteiger partial charge is 0.254 e. The number of H-pyrrole nitrogens is 1. The third-order valence-corrected chi connectivity index (χ3v) is 4.20. The van der Waals surface area contributed by atoms with Gasteiger partial charge in [-0.15, -0.1) is 0 Å². The first-order valence-electron chi connectivity index (χ1n) is 7.39. The molecular weight excluding hydrogens is 266 g/mol. The van der Waals surface area contributed by atoms with Gasteiger partial charge < -0.3 is 4.98 Å². The minimum absolute atomic E-state index is 0.0232. The molecule has 1 aliphatic heterocycles. The van der Waals surface area contributed by atoms with E-state index in [0.29, 0.717) is 5.82 Å². The van der Waals surface area contributed by atoms with Gasteiger partial charge >= 0.3 is 0 Å². The van der Waals surface area contributed by atoms with Gasteiger partial charge in [-0.3, -0.25) is 9.69 Å². The van der Waals surface area contributed by atoms with E-state index in [1.54, 1.807) is 12.4 Å². The lowest BCUT2D eigenvalue weighted by Crippen LogP contribution is -2.36. The van der Waals surface area contributed by atoms with Crippen molar-refractivity contribution < 1.29 is 0 Å². The maximum atomic E-state index is 12.2. The molecule has 0 spiro atoms. The molecule has 0 amide bonds. The van der Waals surface area contributed by atoms with E-state index in [4.69, 9.17) is 0 Å². The first-order valence-corrected chi connectivity index (χ1v) is 7.39. The Hall–Kier alpha value is -2.08. The van der Waals surface area contributed by atoms with Crippen LogP contribution in [-0.2, 0) is 13.0 Å². The monoisotopic (exact) mass is 283 g/mol. The van der Waals surface area contributed by atoms with Crippen LogP contribution in [-0.4, -0.2) is 37.9 Å². The summed E-state index contributed by atoms with van der Waals surface area (Å²) < 4.78 is 0. The van der Waals surface area contributed by atoms with Crippen molar-refractivity contribution in [1.29, 1.82) is 0 Å². The maximum absolute atomic E-state index is 12.2. The molecule has 1 N–H and O–H groups in total. The molecule has 1 aliphatic carbocycles. The first kappa shape index (κ1) is 12.6. The highest BCUT2D eigenvalue weighted by Gasteiger charge is 2.27. The molecule has 1 saturated carbocycles. The fourth-order valence-electron chi connectivity index (χ4n) is 2.87. The zero-order valence-electron chi connectivity index (χ0n) is 11.7. The summed E-state index contributed by atoms with van der Waals surface area (Å²) in [4.78, 5) is 30.1. The second-order valence-corrected chi connectivity index (χ2v) is 5.90. The van der Waals surface area contributed by atoms with Crippen molar-refractivity contribution in [2.75, 3.05) is 13.1 Å². The summed E-state index contributed by atoms with van der Waals surface area (Å²) >= 11 is 0. The van der Waals surface area contributed by atoms with Crippen LogP contribution in [0.25, 0.3) is 11.4 Å². The van der Waals surface area contributed by atoms with Crippen LogP contribution in [0.4, 0.5) is 0 Å². The van der Waals surface area contributed by atoms with Crippen molar-refractivity contribution >= 4 is 0 Å². The number of aromatic nitrogens is 4. The van der Waals surface area contributed by atoms with Crippen molar-refractivity contribution in [1.82, 2.24) is 24.8 Å². The molecule has 6 heteroatoms. The Labute approximate surface area is 122 Å². The van der Waals surface area contributed by atoms with Crippen molar-refractivity contribution in [3.05, 3.63) is 40.3 Å². The summed E-state index contributed by atoms with van der Waals surface area (Å²) in [6.45, 7) is 2.87. The van der Waals surface area contributed by atoms with Crippen LogP contribution in [0.2, 0.25) is 0 Å². The molecule has 0 aromatic carbocycles. The summed E-state index contributed by atoms with van der Waals surface area (Å²) in [7, 11) is 0. The fraction of sp³-hybridized carbons (Fsp3) is 0.467. The van der Waals surface area contributed by atoms with Crippen LogP contribution in [0.15, 0.2) is 23.5 Å². The van der Waals surface area contributed by atoms with E-state index in [0.717, 1.165) is 48.8 Å². The Bertz CT molecular complexity index is 708. The number of aromatic amines is 1. The van der Waals surface area contributed by atoms with Gasteiger partial charge in [0.1, 0.15) is 12.2 Å². The number of fused-ring (bicyclic) bond motifs is 1. The molecule has 2 aliphatic rings. The van der Waals surface area contributed by atoms with Gasteiger partial charge in [0.05, 0.1) is 11.3 Å². The molecule has 1 fully saturated rings. The molecule has 0 radical (unpaired) electrons. The minimum Gasteiger partial charge on any atom is -0.306 e. The molecule has 2 aromatic heterocycles. The minimum atomic E-state index is -0.0232. The molecule has 3 heterocycles. The SMILES string of the molecule is O=c1[nH]c(-c2cncnc2)nc2c1CCN(CC1CC1)C2. The number of hydrogen-bond donors (Lipinski definition) is 1. The standard InChI is InChI=1S/C15H17N5O/c21-15-12-3-4-20(7-10-1-2-10)8-13(12)18-14(19-15)11-5-16-9-17-6-11/h5-6,9-10H,1-4,7-8H2,(H,18,19,21). The van der Waals surface area contributed by atoms with Crippen molar-refractivity contribution in [2.24, 2.45) is 5.92 Å². The van der Waals surface area contributed by atoms with Gasteiger partial charge in [0.15, 0.2) is 0 Å². The molecule has 21 heavy (non-hydrogen) atoms. The van der Waals surface area contributed by atoms with Gasteiger partial charge in [0.25, 0.3) is 5.56 Å². The molecule has 6 nitrogen and oxygen atoms in total. The van der Waals surface area contributed by atoms with E-state index in [1.165, 1.54) is 19.2 Å². The number of nitrogens with zero attached hydrogens (tertiary/aromatic N) is 4. The lowest BCUT2D eigenvalue weighted by molar-refractivity contribution is 0.239. The van der Waals surface area contributed by atoms with Gasteiger partial charge in [0.2, 0.25) is 0 Å². The molecular formula is C15H17N5O. The normalized spacial score (nSPS) is 18.5. The van der Waals surface area contributed by atoms with Crippen molar-refractivity contribution in [2.45, 2.75) is 25.8 Å². The summed E-state index contributed by atoms with van der Waals surface area (Å²) in [5.41, 5.74) is 2.47. The van der Waals surface area contributed by atoms with Crippen LogP contribution in [0.5, 0.6) is 0 Å². The Morgan fingerprint density at radius 3 is 2.86 bits per heavy atom. The highest BCUT2D eigenvalue weighted by molar-refractivity contribution is 5.52. The zero-order valence-corrected chi connectivity index (χ0v) is 11.7. The van der Waals surface area contributed by atoms with E-state index in [1.807, 2.05) is 0 Å². The summed E-state index contributed by atoms with van der Waals surface area (Å²) in [5.74, 6) is 1.42. The van der Waals surface area contributed by atoms with Gasteiger partial charge in [-0.1, -0.05) is 0 Å². The van der Waals surface area contributed by atoms with E-state index in [-0.39, 0.29) is 5.56 Å². The lowest BCUT2D eigenvalue weighted by atomic mass is 10.1. The third kappa shape index (κ3) is 2.58. The largest absolute Gasteiger partial charge is 0.306 e. The van der Waals surface area contributed by atoms with E-state index in [2.05, 4.69) is 24.8 Å². The summed E-state index contributed by atoms with van der Waals surface area (Å²) in [5, 5.41) is 0. The van der Waals surface area contributed by atoms with Crippen molar-refractivity contribution in [3.8, 4) is 11.4 Å². The average Bonchev–Trinajstić information content (AvgIpc) is 3.32. The van der Waals surface area contributed by atoms with Gasteiger partial charge in [-0.05, 0) is 25.2 Å². The van der Waals surface area contributed by atoms with E-state index >= 15 is 0 Å². The molecule has 4 rings (SSSR count). The number of rotatable bonds is 3.